The van der Waals surface area contributed by atoms with Crippen molar-refractivity contribution in [2.75, 3.05) is 0 Å². The summed E-state index contributed by atoms with van der Waals surface area (Å²) >= 11 is 0. The number of aliphatic hydroxyl groups excluding tert-OH is 1. The van der Waals surface area contributed by atoms with Crippen LogP contribution in [0.3, 0.4) is 0 Å². The molecule has 0 radical (unpaired) electrons. The number of hydrogen-bond acceptors (Lipinski definition) is 2. The van der Waals surface area contributed by atoms with Crippen molar-refractivity contribution >= 4 is 35.5 Å². The summed E-state index contributed by atoms with van der Waals surface area (Å²) in [7, 11) is 0. The predicted octanol–water partition coefficient (Wildman–Crippen LogP) is 0.328. The van der Waals surface area contributed by atoms with Crippen LogP contribution >= 0.6 is 0 Å². The molecule has 0 saturated heterocycles. The third kappa shape index (κ3) is 250. The predicted molar refractivity (Wildman–Crippen MR) is 42.9 cm³/mol. The molecule has 0 aromatic carbocycles. The maximum Gasteiger partial charge on any atom is 2.00 e. The van der Waals surface area contributed by atoms with Crippen LogP contribution in [0.15, 0.2) is 12.7 Å². The summed E-state index contributed by atoms with van der Waals surface area (Å²) in [5.41, 5.74) is 0. The second kappa shape index (κ2) is 34.1. The molecule has 0 heterocycles. The summed E-state index contributed by atoms with van der Waals surface area (Å²) in [6.45, 7) is 8.46. The molecule has 0 unspecified atom stereocenters. The van der Waals surface area contributed by atoms with E-state index in [1.54, 1.807) is 6.92 Å². The van der Waals surface area contributed by atoms with E-state index < -0.39 is 5.97 Å². The SMILES string of the molecule is C=CC(=O)O.O=[C-]O.[CH2-]C.[Mg+2]. The summed E-state index contributed by atoms with van der Waals surface area (Å²) in [4.78, 5) is 17.5. The molecule has 2 N–H and O–H groups in total. The van der Waals surface area contributed by atoms with Gasteiger partial charge in [0, 0.05) is 6.08 Å². The Morgan fingerprint density at radius 2 is 1.73 bits per heavy atom. The van der Waals surface area contributed by atoms with Gasteiger partial charge in [-0.25, -0.2) is 4.79 Å². The zero-order chi connectivity index (χ0) is 8.99. The van der Waals surface area contributed by atoms with Gasteiger partial charge in [-0.2, -0.15) is 6.92 Å². The van der Waals surface area contributed by atoms with E-state index in [4.69, 9.17) is 15.0 Å². The molecule has 0 bridgehead atoms. The van der Waals surface area contributed by atoms with Crippen LogP contribution in [0.5, 0.6) is 0 Å². The minimum atomic E-state index is -0.981. The fourth-order valence-corrected chi connectivity index (χ4v) is 0. The maximum absolute atomic E-state index is 9.25. The number of aliphatic carboxylic acids is 1. The van der Waals surface area contributed by atoms with Crippen molar-refractivity contribution in [2.45, 2.75) is 6.92 Å². The molecule has 0 atom stereocenters. The third-order valence-electron chi connectivity index (χ3n) is 0.175. The number of carbonyl (C=O) groups is 1. The van der Waals surface area contributed by atoms with Crippen LogP contribution in [0.1, 0.15) is 6.92 Å². The number of hydrogen-bond donors (Lipinski definition) is 2. The Morgan fingerprint density at radius 3 is 1.73 bits per heavy atom. The average molecular weight is 170 g/mol. The summed E-state index contributed by atoms with van der Waals surface area (Å²) < 4.78 is 0. The smallest absolute Gasteiger partial charge is 0.665 e. The van der Waals surface area contributed by atoms with E-state index in [2.05, 4.69) is 13.5 Å². The van der Waals surface area contributed by atoms with Gasteiger partial charge in [0.2, 0.25) is 0 Å². The summed E-state index contributed by atoms with van der Waals surface area (Å²) in [6, 6.07) is 0. The molecule has 60 valence electrons. The van der Waals surface area contributed by atoms with Crippen molar-refractivity contribution in [3.05, 3.63) is 19.6 Å². The summed E-state index contributed by atoms with van der Waals surface area (Å²) in [5.74, 6) is -0.981. The molecule has 0 aliphatic heterocycles. The van der Waals surface area contributed by atoms with Crippen LogP contribution in [-0.4, -0.2) is 45.7 Å². The molecule has 4 nitrogen and oxygen atoms in total. The van der Waals surface area contributed by atoms with Gasteiger partial charge < -0.3 is 21.9 Å². The first-order chi connectivity index (χ1) is 4.68. The van der Waals surface area contributed by atoms with Crippen molar-refractivity contribution < 1.29 is 19.8 Å². The van der Waals surface area contributed by atoms with Crippen molar-refractivity contribution in [3.63, 3.8) is 0 Å². The second-order valence-electron chi connectivity index (χ2n) is 0.634. The van der Waals surface area contributed by atoms with Gasteiger partial charge >= 0.3 is 29.0 Å². The second-order valence-corrected chi connectivity index (χ2v) is 0.634. The van der Waals surface area contributed by atoms with Crippen molar-refractivity contribution in [1.82, 2.24) is 0 Å². The average Bonchev–Trinajstić information content (AvgIpc) is 1.94. The van der Waals surface area contributed by atoms with Gasteiger partial charge in [-0.05, 0) is 0 Å². The standard InChI is InChI=1S/C3H4O2.C2H5.CHO2.Mg/c1-2-3(4)5;1-2;2-1-3;/h2H,1H2,(H,4,5);1H2,2H3;(H,2,3);/q;2*-1;+2. The minimum absolute atomic E-state index is 0. The molecule has 0 aromatic heterocycles. The van der Waals surface area contributed by atoms with Crippen LogP contribution in [0, 0.1) is 6.92 Å². The van der Waals surface area contributed by atoms with E-state index in [-0.39, 0.29) is 23.1 Å². The Balaban J connectivity index is -0.0000000360. The van der Waals surface area contributed by atoms with Crippen LogP contribution in [0.4, 0.5) is 0 Å². The van der Waals surface area contributed by atoms with E-state index in [9.17, 15) is 4.79 Å². The third-order valence-corrected chi connectivity index (χ3v) is 0.175. The zero-order valence-electron chi connectivity index (χ0n) is 6.41. The van der Waals surface area contributed by atoms with Gasteiger partial charge in [0.1, 0.15) is 0 Å². The normalized spacial score (nSPS) is 4.55. The molecule has 0 aliphatic rings. The molecule has 0 aromatic rings. The Kier molecular flexibility index (Phi) is 69.5. The molecule has 0 fully saturated rings. The minimum Gasteiger partial charge on any atom is -0.665 e. The Morgan fingerprint density at radius 1 is 1.64 bits per heavy atom. The zero-order valence-corrected chi connectivity index (χ0v) is 7.82. The first-order valence-electron chi connectivity index (χ1n) is 2.26. The van der Waals surface area contributed by atoms with Crippen LogP contribution in [0.2, 0.25) is 0 Å². The molecule has 0 rings (SSSR count). The van der Waals surface area contributed by atoms with Crippen LogP contribution < -0.4 is 0 Å². The molecule has 0 spiro atoms. The maximum atomic E-state index is 9.25. The van der Waals surface area contributed by atoms with Crippen molar-refractivity contribution in [2.24, 2.45) is 0 Å². The first-order valence-corrected chi connectivity index (χ1v) is 2.26. The van der Waals surface area contributed by atoms with Crippen molar-refractivity contribution in [3.8, 4) is 0 Å². The van der Waals surface area contributed by atoms with E-state index in [1.165, 1.54) is 0 Å². The number of carboxylic acids is 1. The number of rotatable bonds is 1. The van der Waals surface area contributed by atoms with Gasteiger partial charge in [0.15, 0.2) is 0 Å². The molecule has 0 amide bonds. The monoisotopic (exact) mass is 170 g/mol. The molecule has 0 aliphatic carbocycles. The molecule has 0 saturated carbocycles. The van der Waals surface area contributed by atoms with Gasteiger partial charge in [0.05, 0.1) is 0 Å². The molecular weight excluding hydrogens is 160 g/mol. The topological polar surface area (TPSA) is 74.6 Å². The Labute approximate surface area is 82.1 Å². The van der Waals surface area contributed by atoms with E-state index in [0.29, 0.717) is 6.47 Å². The first kappa shape index (κ1) is 22.4. The summed E-state index contributed by atoms with van der Waals surface area (Å²) in [5, 5.41) is 14.4. The van der Waals surface area contributed by atoms with Crippen molar-refractivity contribution in [1.29, 1.82) is 0 Å². The fourth-order valence-electron chi connectivity index (χ4n) is 0. The van der Waals surface area contributed by atoms with Crippen LogP contribution in [-0.2, 0) is 9.59 Å². The summed E-state index contributed by atoms with van der Waals surface area (Å²) in [6.07, 6.45) is 0.833. The number of carboxylic acid groups (broad SMARTS) is 1. The quantitative estimate of drug-likeness (QED) is 0.338. The van der Waals surface area contributed by atoms with E-state index >= 15 is 0 Å². The Bertz CT molecular complexity index is 92.6. The van der Waals surface area contributed by atoms with Gasteiger partial charge in [-0.15, -0.1) is 0 Å². The largest absolute Gasteiger partial charge is 2.00 e. The Hall–Kier alpha value is -0.554. The fraction of sp³-hybridized carbons (Fsp3) is 0.167. The molecule has 5 heteroatoms. The van der Waals surface area contributed by atoms with Crippen LogP contribution in [0.25, 0.3) is 0 Å². The van der Waals surface area contributed by atoms with Gasteiger partial charge in [0.25, 0.3) is 0 Å². The van der Waals surface area contributed by atoms with E-state index in [1.807, 2.05) is 0 Å². The molecule has 11 heavy (non-hydrogen) atoms. The van der Waals surface area contributed by atoms with Gasteiger partial charge in [-0.1, -0.05) is 13.1 Å². The van der Waals surface area contributed by atoms with E-state index in [0.717, 1.165) is 6.08 Å². The van der Waals surface area contributed by atoms with Gasteiger partial charge in [-0.3, -0.25) is 0 Å². The molecular formula is C6H10MgO4.